The number of rotatable bonds is 5. The van der Waals surface area contributed by atoms with Crippen LogP contribution in [0.25, 0.3) is 0 Å². The van der Waals surface area contributed by atoms with E-state index in [2.05, 4.69) is 26.1 Å². The van der Waals surface area contributed by atoms with Gasteiger partial charge in [0.15, 0.2) is 6.29 Å². The Kier molecular flexibility index (Phi) is 11.9. The van der Waals surface area contributed by atoms with E-state index >= 15 is 0 Å². The van der Waals surface area contributed by atoms with Crippen molar-refractivity contribution in [3.8, 4) is 0 Å². The maximum atomic E-state index is 12.6. The summed E-state index contributed by atoms with van der Waals surface area (Å²) in [6.45, 7) is 8.96. The van der Waals surface area contributed by atoms with Crippen molar-refractivity contribution in [1.29, 1.82) is 0 Å². The summed E-state index contributed by atoms with van der Waals surface area (Å²) in [5.74, 6) is 1.23. The van der Waals surface area contributed by atoms with Crippen molar-refractivity contribution in [1.82, 2.24) is 5.32 Å². The van der Waals surface area contributed by atoms with Gasteiger partial charge in [-0.15, -0.1) is 0 Å². The van der Waals surface area contributed by atoms with E-state index in [0.717, 1.165) is 64.2 Å². The van der Waals surface area contributed by atoms with Crippen LogP contribution in [0.2, 0.25) is 0 Å². The van der Waals surface area contributed by atoms with E-state index in [4.69, 9.17) is 15.2 Å². The van der Waals surface area contributed by atoms with Crippen molar-refractivity contribution in [2.75, 3.05) is 6.54 Å². The fourth-order valence-electron chi connectivity index (χ4n) is 5.27. The van der Waals surface area contributed by atoms with Gasteiger partial charge in [0.25, 0.3) is 0 Å². The van der Waals surface area contributed by atoms with E-state index in [9.17, 15) is 15.0 Å². The van der Waals surface area contributed by atoms with Crippen molar-refractivity contribution in [3.05, 3.63) is 0 Å². The minimum Gasteiger partial charge on any atom is -0.389 e. The molecule has 9 atom stereocenters. The molecule has 7 heteroatoms. The van der Waals surface area contributed by atoms with Crippen molar-refractivity contribution in [2.24, 2.45) is 23.5 Å². The zero-order valence-corrected chi connectivity index (χ0v) is 20.7. The van der Waals surface area contributed by atoms with Gasteiger partial charge in [0.2, 0.25) is 5.91 Å². The lowest BCUT2D eigenvalue weighted by Crippen LogP contribution is -2.61. The third-order valence-electron chi connectivity index (χ3n) is 7.77. The molecular formula is C25H48N2O5. The standard InChI is InChI=1S/C25H48N2O5/c1-5-17-10-8-11-19(7-3)24(30)27-15-9-12-18(6-2)20(14-13-17)32-25-23(29)21(26)22(28)16(4)31-25/h16-23,25,28-29H,5-15,26H2,1-4H3,(H,27,30)/t16-,17-,18+,19+,20-,21+,22-,23+,25-/m1/s1. The first-order valence-corrected chi connectivity index (χ1v) is 13.0. The number of carbonyl (C=O) groups is 1. The topological polar surface area (TPSA) is 114 Å². The summed E-state index contributed by atoms with van der Waals surface area (Å²) in [5.41, 5.74) is 6.03. The van der Waals surface area contributed by atoms with Crippen LogP contribution in [0.3, 0.4) is 0 Å². The van der Waals surface area contributed by atoms with E-state index in [1.54, 1.807) is 6.92 Å². The highest BCUT2D eigenvalue weighted by molar-refractivity contribution is 5.78. The average molecular weight is 457 g/mol. The van der Waals surface area contributed by atoms with Gasteiger partial charge in [-0.2, -0.15) is 0 Å². The molecule has 2 heterocycles. The zero-order chi connectivity index (χ0) is 23.7. The fraction of sp³-hybridized carbons (Fsp3) is 0.960. The van der Waals surface area contributed by atoms with Crippen molar-refractivity contribution in [3.63, 3.8) is 0 Å². The molecule has 32 heavy (non-hydrogen) atoms. The number of aliphatic hydroxyl groups is 2. The molecule has 2 saturated heterocycles. The lowest BCUT2D eigenvalue weighted by Gasteiger charge is -2.42. The van der Waals surface area contributed by atoms with Gasteiger partial charge in [-0.1, -0.05) is 46.5 Å². The summed E-state index contributed by atoms with van der Waals surface area (Å²) in [5, 5.41) is 23.8. The Balaban J connectivity index is 2.11. The monoisotopic (exact) mass is 456 g/mol. The van der Waals surface area contributed by atoms with Crippen LogP contribution in [0.1, 0.15) is 91.9 Å². The molecule has 5 N–H and O–H groups in total. The molecule has 1 amide bonds. The second-order valence-corrected chi connectivity index (χ2v) is 9.93. The number of hydrogen-bond donors (Lipinski definition) is 4. The summed E-state index contributed by atoms with van der Waals surface area (Å²) >= 11 is 0. The minimum atomic E-state index is -1.06. The molecule has 0 saturated carbocycles. The predicted molar refractivity (Wildman–Crippen MR) is 126 cm³/mol. The van der Waals surface area contributed by atoms with Crippen LogP contribution in [0, 0.1) is 17.8 Å². The normalized spacial score (nSPS) is 41.0. The van der Waals surface area contributed by atoms with Crippen LogP contribution in [0.5, 0.6) is 0 Å². The third-order valence-corrected chi connectivity index (χ3v) is 7.77. The minimum absolute atomic E-state index is 0.0506. The highest BCUT2D eigenvalue weighted by Gasteiger charge is 2.42. The molecule has 0 aromatic heterocycles. The number of hydrogen-bond acceptors (Lipinski definition) is 6. The van der Waals surface area contributed by atoms with E-state index in [1.807, 2.05) is 0 Å². The third kappa shape index (κ3) is 7.66. The summed E-state index contributed by atoms with van der Waals surface area (Å²) in [7, 11) is 0. The summed E-state index contributed by atoms with van der Waals surface area (Å²) < 4.78 is 12.2. The maximum Gasteiger partial charge on any atom is 0.223 e. The van der Waals surface area contributed by atoms with Crippen molar-refractivity contribution >= 4 is 5.91 Å². The Labute approximate surface area is 194 Å². The summed E-state index contributed by atoms with van der Waals surface area (Å²) in [4.78, 5) is 12.6. The molecule has 2 aliphatic rings. The molecule has 0 aromatic rings. The predicted octanol–water partition coefficient (Wildman–Crippen LogP) is 3.10. The first-order valence-electron chi connectivity index (χ1n) is 13.0. The van der Waals surface area contributed by atoms with Gasteiger partial charge in [0.1, 0.15) is 6.10 Å². The molecule has 0 aliphatic carbocycles. The van der Waals surface area contributed by atoms with Crippen molar-refractivity contribution in [2.45, 2.75) is 129 Å². The first-order chi connectivity index (χ1) is 15.3. The van der Waals surface area contributed by atoms with Crippen LogP contribution in [-0.2, 0) is 14.3 Å². The van der Waals surface area contributed by atoms with Gasteiger partial charge >= 0.3 is 0 Å². The Morgan fingerprint density at radius 3 is 2.41 bits per heavy atom. The Hall–Kier alpha value is -0.730. The fourth-order valence-corrected chi connectivity index (χ4v) is 5.27. The molecule has 0 radical (unpaired) electrons. The molecule has 0 aromatic carbocycles. The summed E-state index contributed by atoms with van der Waals surface area (Å²) in [6.07, 6.45) is 6.63. The maximum absolute atomic E-state index is 12.6. The van der Waals surface area contributed by atoms with Crippen LogP contribution < -0.4 is 11.1 Å². The molecular weight excluding hydrogens is 408 g/mol. The Morgan fingerprint density at radius 1 is 1.00 bits per heavy atom. The molecule has 188 valence electrons. The van der Waals surface area contributed by atoms with Crippen LogP contribution >= 0.6 is 0 Å². The molecule has 2 fully saturated rings. The lowest BCUT2D eigenvalue weighted by atomic mass is 9.85. The van der Waals surface area contributed by atoms with Gasteiger partial charge in [-0.3, -0.25) is 4.79 Å². The highest BCUT2D eigenvalue weighted by atomic mass is 16.7. The quantitative estimate of drug-likeness (QED) is 0.505. The molecule has 0 bridgehead atoms. The molecule has 0 unspecified atom stereocenters. The van der Waals surface area contributed by atoms with E-state index in [0.29, 0.717) is 18.4 Å². The summed E-state index contributed by atoms with van der Waals surface area (Å²) in [6, 6.07) is -0.785. The number of nitrogens with one attached hydrogen (secondary N) is 1. The first kappa shape index (κ1) is 27.5. The lowest BCUT2D eigenvalue weighted by molar-refractivity contribution is -0.286. The average Bonchev–Trinajstić information content (AvgIpc) is 2.79. The van der Waals surface area contributed by atoms with E-state index in [-0.39, 0.29) is 17.9 Å². The second-order valence-electron chi connectivity index (χ2n) is 9.93. The van der Waals surface area contributed by atoms with Crippen LogP contribution in [-0.4, -0.2) is 59.4 Å². The molecule has 2 aliphatic heterocycles. The number of amides is 1. The highest BCUT2D eigenvalue weighted by Crippen LogP contribution is 2.31. The van der Waals surface area contributed by atoms with Gasteiger partial charge < -0.3 is 30.7 Å². The Bertz CT molecular complexity index is 548. The van der Waals surface area contributed by atoms with Crippen LogP contribution in [0.4, 0.5) is 0 Å². The molecule has 7 nitrogen and oxygen atoms in total. The smallest absolute Gasteiger partial charge is 0.223 e. The van der Waals surface area contributed by atoms with E-state index < -0.39 is 30.6 Å². The molecule has 0 spiro atoms. The number of aliphatic hydroxyl groups excluding tert-OH is 2. The van der Waals surface area contributed by atoms with E-state index in [1.165, 1.54) is 0 Å². The largest absolute Gasteiger partial charge is 0.389 e. The van der Waals surface area contributed by atoms with Gasteiger partial charge in [0, 0.05) is 12.5 Å². The Morgan fingerprint density at radius 2 is 1.75 bits per heavy atom. The second kappa shape index (κ2) is 13.9. The van der Waals surface area contributed by atoms with Gasteiger partial charge in [0.05, 0.1) is 24.4 Å². The van der Waals surface area contributed by atoms with Crippen molar-refractivity contribution < 1.29 is 24.5 Å². The number of carbonyl (C=O) groups excluding carboxylic acids is 1. The van der Waals surface area contributed by atoms with Gasteiger partial charge in [-0.05, 0) is 57.3 Å². The van der Waals surface area contributed by atoms with Gasteiger partial charge in [-0.25, -0.2) is 0 Å². The molecule has 2 rings (SSSR count). The number of ether oxygens (including phenoxy) is 2. The SMILES string of the molecule is CC[C@@H]1CCC[C@H](CC)C(=O)NCCC[C@H](CC)[C@H](O[C@H]2O[C@H](C)[C@@H](O)[C@H](N)[C@@H]2O)CC1. The number of nitrogens with two attached hydrogens (primary N) is 1. The van der Waals surface area contributed by atoms with Crippen LogP contribution in [0.15, 0.2) is 0 Å². The zero-order valence-electron chi connectivity index (χ0n) is 20.7.